The van der Waals surface area contributed by atoms with E-state index in [0.29, 0.717) is 5.75 Å². The first-order valence-corrected chi connectivity index (χ1v) is 10.6. The highest BCUT2D eigenvalue weighted by Crippen LogP contribution is 2.41. The van der Waals surface area contributed by atoms with Gasteiger partial charge in [-0.2, -0.15) is 0 Å². The van der Waals surface area contributed by atoms with Gasteiger partial charge in [0.15, 0.2) is 0 Å². The first kappa shape index (κ1) is 18.3. The fourth-order valence-corrected chi connectivity index (χ4v) is 4.96. The van der Waals surface area contributed by atoms with Crippen LogP contribution >= 0.6 is 11.6 Å². The summed E-state index contributed by atoms with van der Waals surface area (Å²) in [4.78, 5) is 0. The van der Waals surface area contributed by atoms with Crippen LogP contribution in [0.4, 0.5) is 0 Å². The molecule has 1 aliphatic rings. The van der Waals surface area contributed by atoms with E-state index in [-0.39, 0.29) is 0 Å². The fraction of sp³-hybridized carbons (Fsp3) is 0.231. The van der Waals surface area contributed by atoms with E-state index in [1.165, 1.54) is 40.9 Å². The molecule has 0 atom stereocenters. The summed E-state index contributed by atoms with van der Waals surface area (Å²) in [6, 6.07) is 18.3. The molecule has 3 aromatic carbocycles. The van der Waals surface area contributed by atoms with Gasteiger partial charge in [0.1, 0.15) is 5.75 Å². The van der Waals surface area contributed by atoms with Crippen LogP contribution in [0.25, 0.3) is 27.7 Å². The number of halogens is 1. The molecule has 29 heavy (non-hydrogen) atoms. The van der Waals surface area contributed by atoms with Crippen LogP contribution in [0.15, 0.2) is 54.6 Å². The third-order valence-electron chi connectivity index (χ3n) is 6.26. The van der Waals surface area contributed by atoms with Gasteiger partial charge in [-0.25, -0.2) is 0 Å². The number of fused-ring (bicyclic) bond motifs is 2. The first-order valence-electron chi connectivity index (χ1n) is 10.3. The number of phenolic OH excluding ortho intramolecular Hbond substituents is 1. The highest BCUT2D eigenvalue weighted by Gasteiger charge is 2.25. The Hall–Kier alpha value is -2.71. The summed E-state index contributed by atoms with van der Waals surface area (Å²) < 4.78 is 2.40. The molecule has 0 aliphatic heterocycles. The van der Waals surface area contributed by atoms with E-state index in [1.807, 2.05) is 18.2 Å². The lowest BCUT2D eigenvalue weighted by Crippen LogP contribution is -2.02. The topological polar surface area (TPSA) is 25.2 Å². The number of phenols is 1. The molecule has 5 rings (SSSR count). The van der Waals surface area contributed by atoms with Gasteiger partial charge in [0.2, 0.25) is 0 Å². The van der Waals surface area contributed by atoms with Gasteiger partial charge in [0.25, 0.3) is 0 Å². The number of benzene rings is 3. The average Bonchev–Trinajstić information content (AvgIpc) is 3.02. The number of aromatic hydroxyl groups is 1. The highest BCUT2D eigenvalue weighted by atomic mass is 35.5. The molecule has 0 saturated carbocycles. The maximum absolute atomic E-state index is 10.2. The van der Waals surface area contributed by atoms with Crippen LogP contribution in [0, 0.1) is 13.8 Å². The molecule has 146 valence electrons. The second kappa shape index (κ2) is 6.96. The molecule has 0 fully saturated rings. The van der Waals surface area contributed by atoms with Crippen molar-refractivity contribution in [2.75, 3.05) is 0 Å². The summed E-state index contributed by atoms with van der Waals surface area (Å²) in [6.07, 6.45) is 4.71. The average molecular weight is 402 g/mol. The zero-order valence-electron chi connectivity index (χ0n) is 16.8. The van der Waals surface area contributed by atoms with Crippen LogP contribution in [-0.4, -0.2) is 9.67 Å². The molecule has 1 aromatic heterocycles. The quantitative estimate of drug-likeness (QED) is 0.379. The van der Waals surface area contributed by atoms with Crippen LogP contribution in [-0.2, 0) is 12.8 Å². The first-order chi connectivity index (χ1) is 14.0. The predicted molar refractivity (Wildman–Crippen MR) is 122 cm³/mol. The Morgan fingerprint density at radius 1 is 0.897 bits per heavy atom. The van der Waals surface area contributed by atoms with Gasteiger partial charge in [0.05, 0.1) is 11.4 Å². The van der Waals surface area contributed by atoms with Gasteiger partial charge in [0, 0.05) is 16.1 Å². The minimum absolute atomic E-state index is 0.295. The smallest absolute Gasteiger partial charge is 0.116 e. The van der Waals surface area contributed by atoms with Crippen molar-refractivity contribution in [3.63, 3.8) is 0 Å². The van der Waals surface area contributed by atoms with E-state index in [1.54, 1.807) is 6.07 Å². The van der Waals surface area contributed by atoms with Gasteiger partial charge in [-0.05, 0) is 97.5 Å². The second-order valence-corrected chi connectivity index (χ2v) is 8.49. The van der Waals surface area contributed by atoms with E-state index in [0.717, 1.165) is 39.9 Å². The summed E-state index contributed by atoms with van der Waals surface area (Å²) >= 11 is 6.33. The molecule has 2 nitrogen and oxygen atoms in total. The molecule has 4 aromatic rings. The number of nitrogens with zero attached hydrogens (tertiary/aromatic N) is 1. The molecule has 3 heteroatoms. The third kappa shape index (κ3) is 2.94. The van der Waals surface area contributed by atoms with Gasteiger partial charge in [-0.1, -0.05) is 35.9 Å². The van der Waals surface area contributed by atoms with Crippen molar-refractivity contribution in [1.82, 2.24) is 4.57 Å². The lowest BCUT2D eigenvalue weighted by molar-refractivity contribution is 0.476. The number of hydrogen-bond acceptors (Lipinski definition) is 1. The Bertz CT molecular complexity index is 1250. The third-order valence-corrected chi connectivity index (χ3v) is 6.69. The van der Waals surface area contributed by atoms with E-state index in [2.05, 4.69) is 48.7 Å². The Morgan fingerprint density at radius 3 is 2.48 bits per heavy atom. The number of hydrogen-bond donors (Lipinski definition) is 1. The SMILES string of the molecule is Cc1cc(-c2c3c(c(C)n2-c2cccc4ccc(O)cc24)CCCC3)ccc1Cl. The van der Waals surface area contributed by atoms with Crippen LogP contribution in [0.1, 0.15) is 35.2 Å². The van der Waals surface area contributed by atoms with Gasteiger partial charge >= 0.3 is 0 Å². The Morgan fingerprint density at radius 2 is 1.69 bits per heavy atom. The van der Waals surface area contributed by atoms with Crippen molar-refractivity contribution in [3.8, 4) is 22.7 Å². The summed E-state index contributed by atoms with van der Waals surface area (Å²) in [6.45, 7) is 4.30. The number of rotatable bonds is 2. The number of aromatic nitrogens is 1. The van der Waals surface area contributed by atoms with Crippen molar-refractivity contribution in [2.24, 2.45) is 0 Å². The summed E-state index contributed by atoms with van der Waals surface area (Å²) in [5, 5.41) is 13.2. The normalized spacial score (nSPS) is 13.6. The van der Waals surface area contributed by atoms with Crippen LogP contribution in [0.5, 0.6) is 5.75 Å². The van der Waals surface area contributed by atoms with Gasteiger partial charge < -0.3 is 9.67 Å². The summed E-state index contributed by atoms with van der Waals surface area (Å²) in [5.74, 6) is 0.295. The molecule has 1 aliphatic carbocycles. The van der Waals surface area contributed by atoms with Crippen molar-refractivity contribution >= 4 is 22.4 Å². The predicted octanol–water partition coefficient (Wildman–Crippen LogP) is 7.15. The van der Waals surface area contributed by atoms with Crippen LogP contribution in [0.2, 0.25) is 5.02 Å². The van der Waals surface area contributed by atoms with Crippen LogP contribution in [0.3, 0.4) is 0 Å². The standard InChI is InChI=1S/C26H24ClNO/c1-16-14-19(11-13-24(16)27)26-22-8-4-3-7-21(22)17(2)28(26)25-9-5-6-18-10-12-20(29)15-23(18)25/h5-6,9-15,29H,3-4,7-8H2,1-2H3. The lowest BCUT2D eigenvalue weighted by atomic mass is 9.90. The van der Waals surface area contributed by atoms with Gasteiger partial charge in [-0.15, -0.1) is 0 Å². The Labute approximate surface area is 176 Å². The highest BCUT2D eigenvalue weighted by molar-refractivity contribution is 6.31. The maximum Gasteiger partial charge on any atom is 0.116 e. The minimum atomic E-state index is 0.295. The zero-order chi connectivity index (χ0) is 20.1. The largest absolute Gasteiger partial charge is 0.508 e. The Kier molecular flexibility index (Phi) is 4.40. The van der Waals surface area contributed by atoms with Crippen LogP contribution < -0.4 is 0 Å². The van der Waals surface area contributed by atoms with E-state index >= 15 is 0 Å². The molecule has 0 saturated heterocycles. The molecule has 1 N–H and O–H groups in total. The van der Waals surface area contributed by atoms with E-state index in [4.69, 9.17) is 11.6 Å². The fourth-order valence-electron chi connectivity index (χ4n) is 4.84. The molecular weight excluding hydrogens is 378 g/mol. The van der Waals surface area contributed by atoms with Crippen molar-refractivity contribution in [1.29, 1.82) is 0 Å². The summed E-state index contributed by atoms with van der Waals surface area (Å²) in [7, 11) is 0. The molecule has 0 spiro atoms. The van der Waals surface area contributed by atoms with E-state index < -0.39 is 0 Å². The molecule has 1 heterocycles. The van der Waals surface area contributed by atoms with Crippen molar-refractivity contribution in [3.05, 3.63) is 82.0 Å². The number of aryl methyl sites for hydroxylation is 1. The van der Waals surface area contributed by atoms with Gasteiger partial charge in [-0.3, -0.25) is 0 Å². The van der Waals surface area contributed by atoms with Crippen molar-refractivity contribution < 1.29 is 5.11 Å². The minimum Gasteiger partial charge on any atom is -0.508 e. The molecular formula is C26H24ClNO. The second-order valence-electron chi connectivity index (χ2n) is 8.08. The Balaban J connectivity index is 1.88. The molecule has 0 amide bonds. The molecule has 0 radical (unpaired) electrons. The van der Waals surface area contributed by atoms with Crippen molar-refractivity contribution in [2.45, 2.75) is 39.5 Å². The maximum atomic E-state index is 10.2. The zero-order valence-corrected chi connectivity index (χ0v) is 17.6. The lowest BCUT2D eigenvalue weighted by Gasteiger charge is -2.17. The monoisotopic (exact) mass is 401 g/mol. The van der Waals surface area contributed by atoms with E-state index in [9.17, 15) is 5.11 Å². The molecule has 0 unspecified atom stereocenters. The summed E-state index contributed by atoms with van der Waals surface area (Å²) in [5.41, 5.74) is 8.94. The molecule has 0 bridgehead atoms.